The van der Waals surface area contributed by atoms with Gasteiger partial charge in [-0.2, -0.15) is 0 Å². The van der Waals surface area contributed by atoms with Gasteiger partial charge in [-0.15, -0.1) is 0 Å². The average Bonchev–Trinajstić information content (AvgIpc) is 3.59. The van der Waals surface area contributed by atoms with Crippen LogP contribution < -0.4 is 5.32 Å². The van der Waals surface area contributed by atoms with E-state index in [2.05, 4.69) is 19.2 Å². The maximum absolute atomic E-state index is 11.5. The summed E-state index contributed by atoms with van der Waals surface area (Å²) in [6.45, 7) is 6.49. The fourth-order valence-corrected chi connectivity index (χ4v) is 7.35. The summed E-state index contributed by atoms with van der Waals surface area (Å²) in [7, 11) is 1.69. The first-order valence-corrected chi connectivity index (χ1v) is 20.5. The summed E-state index contributed by atoms with van der Waals surface area (Å²) in [6, 6.07) is 0.525. The van der Waals surface area contributed by atoms with E-state index in [1.807, 2.05) is 0 Å². The molecule has 0 unspecified atom stereocenters. The number of unbranched alkanes of at least 4 members (excludes halogenated alkanes) is 22. The first-order chi connectivity index (χ1) is 22.7. The lowest BCUT2D eigenvalue weighted by Crippen LogP contribution is -2.62. The van der Waals surface area contributed by atoms with Crippen molar-refractivity contribution in [1.82, 2.24) is 5.32 Å². The lowest BCUT2D eigenvalue weighted by Gasteiger charge is -2.44. The molecular weight excluding hydrogens is 574 g/mol. The topological polar surface area (TPSA) is 69.2 Å². The smallest absolute Gasteiger partial charge is 0.186 e. The molecule has 0 aromatic carbocycles. The van der Waals surface area contributed by atoms with Crippen LogP contribution in [0, 0.1) is 0 Å². The number of aliphatic hydroxyl groups is 1. The van der Waals surface area contributed by atoms with Crippen LogP contribution in [0.5, 0.6) is 0 Å². The van der Waals surface area contributed by atoms with Crippen molar-refractivity contribution in [1.29, 1.82) is 0 Å². The van der Waals surface area contributed by atoms with E-state index in [0.717, 1.165) is 12.8 Å². The van der Waals surface area contributed by atoms with E-state index in [-0.39, 0.29) is 6.10 Å². The number of aliphatic hydroxyl groups excluding tert-OH is 1. The first-order valence-electron chi connectivity index (χ1n) is 20.5. The molecule has 0 spiro atoms. The number of rotatable bonds is 32. The predicted molar refractivity (Wildman–Crippen MR) is 194 cm³/mol. The number of hydrogen-bond donors (Lipinski definition) is 2. The molecular formula is C40H79NO5. The van der Waals surface area contributed by atoms with Gasteiger partial charge in [0.1, 0.15) is 24.4 Å². The Balaban J connectivity index is 1.68. The number of methoxy groups -OCH3 is 1. The molecule has 1 saturated carbocycles. The lowest BCUT2D eigenvalue weighted by atomic mass is 9.97. The van der Waals surface area contributed by atoms with Gasteiger partial charge in [-0.1, -0.05) is 168 Å². The summed E-state index contributed by atoms with van der Waals surface area (Å²) >= 11 is 0. The molecule has 0 aromatic rings. The van der Waals surface area contributed by atoms with Gasteiger partial charge in [0.05, 0.1) is 0 Å². The fourth-order valence-electron chi connectivity index (χ4n) is 7.35. The van der Waals surface area contributed by atoms with Gasteiger partial charge in [-0.25, -0.2) is 0 Å². The zero-order valence-electron chi connectivity index (χ0n) is 31.0. The van der Waals surface area contributed by atoms with Crippen LogP contribution in [-0.2, 0) is 18.9 Å². The Morgan fingerprint density at radius 2 is 0.957 bits per heavy atom. The summed E-state index contributed by atoms with van der Waals surface area (Å²) in [6.07, 6.45) is 34.3. The highest BCUT2D eigenvalue weighted by molar-refractivity contribution is 4.93. The Morgan fingerprint density at radius 1 is 0.565 bits per heavy atom. The molecule has 2 aliphatic rings. The van der Waals surface area contributed by atoms with Crippen LogP contribution in [-0.4, -0.2) is 68.7 Å². The van der Waals surface area contributed by atoms with Gasteiger partial charge in [0.15, 0.2) is 6.29 Å². The predicted octanol–water partition coefficient (Wildman–Crippen LogP) is 10.4. The minimum Gasteiger partial charge on any atom is -0.388 e. The van der Waals surface area contributed by atoms with Crippen LogP contribution in [0.4, 0.5) is 0 Å². The van der Waals surface area contributed by atoms with Crippen LogP contribution >= 0.6 is 0 Å². The fraction of sp³-hybridized carbons (Fsp3) is 1.00. The summed E-state index contributed by atoms with van der Waals surface area (Å²) < 4.78 is 24.9. The third kappa shape index (κ3) is 19.7. The quantitative estimate of drug-likeness (QED) is 0.0704. The van der Waals surface area contributed by atoms with Crippen LogP contribution in [0.1, 0.15) is 194 Å². The first kappa shape index (κ1) is 41.9. The molecule has 1 heterocycles. The third-order valence-corrected chi connectivity index (χ3v) is 10.4. The van der Waals surface area contributed by atoms with E-state index >= 15 is 0 Å². The van der Waals surface area contributed by atoms with Crippen molar-refractivity contribution in [3.63, 3.8) is 0 Å². The minimum absolute atomic E-state index is 0.357. The van der Waals surface area contributed by atoms with Crippen molar-refractivity contribution in [2.45, 2.75) is 230 Å². The molecule has 0 aromatic heterocycles. The van der Waals surface area contributed by atoms with E-state index in [1.165, 1.54) is 167 Å². The molecule has 2 fully saturated rings. The third-order valence-electron chi connectivity index (χ3n) is 10.4. The molecule has 6 heteroatoms. The standard InChI is InChI=1S/C40H79NO5/c1-4-6-8-10-12-14-16-18-20-22-24-28-32-44-38-37(42)36(34-41-35-30-26-27-31-35)46-40(43-3)39(38)45-33-29-25-23-21-19-17-15-13-11-9-7-5-2/h35-42H,4-34H2,1-3H3/t36-,37-,38+,39-,40+/m1/s1. The zero-order valence-corrected chi connectivity index (χ0v) is 31.0. The summed E-state index contributed by atoms with van der Waals surface area (Å²) in [4.78, 5) is 0. The largest absolute Gasteiger partial charge is 0.388 e. The zero-order chi connectivity index (χ0) is 32.9. The second kappa shape index (κ2) is 29.7. The maximum atomic E-state index is 11.5. The Kier molecular flexibility index (Phi) is 27.0. The molecule has 274 valence electrons. The van der Waals surface area contributed by atoms with Crippen molar-refractivity contribution in [3.05, 3.63) is 0 Å². The highest BCUT2D eigenvalue weighted by Crippen LogP contribution is 2.28. The van der Waals surface area contributed by atoms with Crippen molar-refractivity contribution in [2.75, 3.05) is 26.9 Å². The van der Waals surface area contributed by atoms with Gasteiger partial charge < -0.3 is 29.4 Å². The molecule has 2 rings (SSSR count). The summed E-state index contributed by atoms with van der Waals surface area (Å²) in [5.41, 5.74) is 0. The Morgan fingerprint density at radius 3 is 1.37 bits per heavy atom. The second-order valence-corrected chi connectivity index (χ2v) is 14.6. The van der Waals surface area contributed by atoms with Gasteiger partial charge in [-0.3, -0.25) is 0 Å². The molecule has 0 amide bonds. The van der Waals surface area contributed by atoms with Gasteiger partial charge in [0.25, 0.3) is 0 Å². The number of hydrogen-bond acceptors (Lipinski definition) is 6. The molecule has 1 aliphatic carbocycles. The normalized spacial score (nSPS) is 23.9. The SMILES string of the molecule is CCCCCCCCCCCCCCO[C@H]1[C@@H](OC)O[C@H](CNC2CCCC2)[C@@H](O)[C@@H]1OCCCCCCCCCCCCCC. The van der Waals surface area contributed by atoms with E-state index in [4.69, 9.17) is 18.9 Å². The Hall–Kier alpha value is -0.240. The van der Waals surface area contributed by atoms with Gasteiger partial charge in [-0.05, 0) is 25.7 Å². The Labute approximate surface area is 286 Å². The van der Waals surface area contributed by atoms with E-state index in [9.17, 15) is 5.11 Å². The van der Waals surface area contributed by atoms with Gasteiger partial charge >= 0.3 is 0 Å². The van der Waals surface area contributed by atoms with Crippen molar-refractivity contribution < 1.29 is 24.1 Å². The average molecular weight is 654 g/mol. The molecule has 0 bridgehead atoms. The monoisotopic (exact) mass is 654 g/mol. The van der Waals surface area contributed by atoms with E-state index in [1.54, 1.807) is 7.11 Å². The van der Waals surface area contributed by atoms with Crippen LogP contribution in [0.15, 0.2) is 0 Å². The lowest BCUT2D eigenvalue weighted by molar-refractivity contribution is -0.305. The van der Waals surface area contributed by atoms with E-state index < -0.39 is 24.6 Å². The molecule has 5 atom stereocenters. The summed E-state index contributed by atoms with van der Waals surface area (Å²) in [5.74, 6) is 0. The second-order valence-electron chi connectivity index (χ2n) is 14.6. The minimum atomic E-state index is -0.732. The van der Waals surface area contributed by atoms with E-state index in [0.29, 0.717) is 25.8 Å². The summed E-state index contributed by atoms with van der Waals surface area (Å²) in [5, 5.41) is 15.1. The maximum Gasteiger partial charge on any atom is 0.186 e. The molecule has 46 heavy (non-hydrogen) atoms. The van der Waals surface area contributed by atoms with Gasteiger partial charge in [0.2, 0.25) is 0 Å². The molecule has 0 radical (unpaired) electrons. The van der Waals surface area contributed by atoms with Gasteiger partial charge in [0, 0.05) is 32.9 Å². The van der Waals surface area contributed by atoms with Crippen molar-refractivity contribution in [3.8, 4) is 0 Å². The van der Waals surface area contributed by atoms with Crippen molar-refractivity contribution in [2.24, 2.45) is 0 Å². The van der Waals surface area contributed by atoms with Crippen molar-refractivity contribution >= 4 is 0 Å². The molecule has 6 nitrogen and oxygen atoms in total. The Bertz CT molecular complexity index is 645. The van der Waals surface area contributed by atoms with Crippen LogP contribution in [0.3, 0.4) is 0 Å². The van der Waals surface area contributed by atoms with Crippen LogP contribution in [0.2, 0.25) is 0 Å². The highest BCUT2D eigenvalue weighted by Gasteiger charge is 2.47. The number of ether oxygens (including phenoxy) is 4. The van der Waals surface area contributed by atoms with Crippen LogP contribution in [0.25, 0.3) is 0 Å². The highest BCUT2D eigenvalue weighted by atomic mass is 16.7. The molecule has 1 saturated heterocycles. The molecule has 2 N–H and O–H groups in total. The molecule has 1 aliphatic heterocycles. The number of nitrogens with one attached hydrogen (secondary N) is 1.